The van der Waals surface area contributed by atoms with Gasteiger partial charge in [0.2, 0.25) is 0 Å². The second kappa shape index (κ2) is 6.64. The Morgan fingerprint density at radius 1 is 1.24 bits per heavy atom. The third kappa shape index (κ3) is 5.53. The van der Waals surface area contributed by atoms with Crippen LogP contribution >= 0.6 is 0 Å². The zero-order valence-corrected chi connectivity index (χ0v) is 13.7. The van der Waals surface area contributed by atoms with E-state index in [2.05, 4.69) is 5.32 Å². The lowest BCUT2D eigenvalue weighted by molar-refractivity contribution is -0.170. The third-order valence-corrected chi connectivity index (χ3v) is 3.43. The molecule has 0 saturated carbocycles. The Hall–Kier alpha value is -1.30. The minimum atomic E-state index is -0.983. The molecule has 122 valence electrons. The van der Waals surface area contributed by atoms with Crippen molar-refractivity contribution in [2.45, 2.75) is 71.1 Å². The zero-order chi connectivity index (χ0) is 16.3. The molecule has 2 N–H and O–H groups in total. The molecule has 1 unspecified atom stereocenters. The van der Waals surface area contributed by atoms with Crippen molar-refractivity contribution < 1.29 is 19.4 Å². The molecule has 2 amide bonds. The summed E-state index contributed by atoms with van der Waals surface area (Å²) in [5.41, 5.74) is -0.886. The summed E-state index contributed by atoms with van der Waals surface area (Å²) in [5.74, 6) is -0.983. The van der Waals surface area contributed by atoms with Gasteiger partial charge in [0.15, 0.2) is 0 Å². The van der Waals surface area contributed by atoms with E-state index < -0.39 is 23.2 Å². The van der Waals surface area contributed by atoms with Crippen molar-refractivity contribution in [3.8, 4) is 0 Å². The molecule has 0 aromatic carbocycles. The molecule has 21 heavy (non-hydrogen) atoms. The van der Waals surface area contributed by atoms with Gasteiger partial charge in [0, 0.05) is 0 Å². The maximum atomic E-state index is 12.3. The molecule has 1 saturated heterocycles. The van der Waals surface area contributed by atoms with Gasteiger partial charge in [0.05, 0.1) is 24.3 Å². The molecule has 1 fully saturated rings. The first kappa shape index (κ1) is 17.8. The molecule has 1 aliphatic rings. The van der Waals surface area contributed by atoms with Crippen LogP contribution in [0.2, 0.25) is 0 Å². The fraction of sp³-hybridized carbons (Fsp3) is 0.867. The lowest BCUT2D eigenvalue weighted by Gasteiger charge is -2.47. The molecule has 1 rings (SSSR count). The van der Waals surface area contributed by atoms with E-state index in [-0.39, 0.29) is 6.03 Å². The fourth-order valence-electron chi connectivity index (χ4n) is 2.84. The van der Waals surface area contributed by atoms with Gasteiger partial charge in [-0.3, -0.25) is 0 Å². The van der Waals surface area contributed by atoms with Gasteiger partial charge in [-0.25, -0.2) is 9.59 Å². The molecule has 0 spiro atoms. The van der Waals surface area contributed by atoms with Gasteiger partial charge >= 0.3 is 12.0 Å². The highest BCUT2D eigenvalue weighted by molar-refractivity contribution is 5.82. The molecule has 6 nitrogen and oxygen atoms in total. The van der Waals surface area contributed by atoms with Crippen molar-refractivity contribution in [1.29, 1.82) is 0 Å². The number of unbranched alkanes of at least 4 members (excludes halogenated alkanes) is 1. The number of carboxylic acids is 1. The minimum Gasteiger partial charge on any atom is -0.480 e. The maximum Gasteiger partial charge on any atom is 0.326 e. The second-order valence-electron chi connectivity index (χ2n) is 6.96. The first-order valence-corrected chi connectivity index (χ1v) is 7.55. The molecule has 6 heteroatoms. The first-order chi connectivity index (χ1) is 9.56. The van der Waals surface area contributed by atoms with E-state index in [1.54, 1.807) is 4.90 Å². The number of aliphatic carboxylic acids is 1. The highest BCUT2D eigenvalue weighted by Crippen LogP contribution is 2.28. The standard InChI is InChI=1S/C15H28N2O4/c1-6-7-8-11(12(18)19)16-13(20)17-9-14(2,3)21-15(4,5)10-17/h11H,6-10H2,1-5H3,(H,16,20)(H,18,19). The Kier molecular flexibility index (Phi) is 5.61. The topological polar surface area (TPSA) is 78.9 Å². The van der Waals surface area contributed by atoms with Gasteiger partial charge in [0.25, 0.3) is 0 Å². The predicted octanol–water partition coefficient (Wildman–Crippen LogP) is 2.23. The summed E-state index contributed by atoms with van der Waals surface area (Å²) in [6.45, 7) is 10.6. The Bertz CT molecular complexity index is 377. The molecule has 0 radical (unpaired) electrons. The summed E-state index contributed by atoms with van der Waals surface area (Å²) in [7, 11) is 0. The summed E-state index contributed by atoms with van der Waals surface area (Å²) >= 11 is 0. The van der Waals surface area contributed by atoms with Crippen molar-refractivity contribution in [3.63, 3.8) is 0 Å². The van der Waals surface area contributed by atoms with E-state index in [1.807, 2.05) is 34.6 Å². The van der Waals surface area contributed by atoms with Crippen LogP contribution in [0.25, 0.3) is 0 Å². The van der Waals surface area contributed by atoms with Crippen molar-refractivity contribution in [1.82, 2.24) is 10.2 Å². The van der Waals surface area contributed by atoms with Crippen LogP contribution in [0.4, 0.5) is 4.79 Å². The van der Waals surface area contributed by atoms with Crippen molar-refractivity contribution in [2.75, 3.05) is 13.1 Å². The molecule has 1 heterocycles. The molecule has 0 bridgehead atoms. The lowest BCUT2D eigenvalue weighted by atomic mass is 9.99. The summed E-state index contributed by atoms with van der Waals surface area (Å²) in [5, 5.41) is 11.8. The van der Waals surface area contributed by atoms with Gasteiger partial charge in [-0.1, -0.05) is 19.8 Å². The van der Waals surface area contributed by atoms with E-state index in [0.29, 0.717) is 19.5 Å². The number of nitrogens with one attached hydrogen (secondary N) is 1. The summed E-state index contributed by atoms with van der Waals surface area (Å²) in [6.07, 6.45) is 2.13. The zero-order valence-electron chi connectivity index (χ0n) is 13.7. The Balaban J connectivity index is 2.70. The monoisotopic (exact) mass is 300 g/mol. The highest BCUT2D eigenvalue weighted by atomic mass is 16.5. The molecule has 1 atom stereocenters. The van der Waals surface area contributed by atoms with Crippen LogP contribution in [0.5, 0.6) is 0 Å². The minimum absolute atomic E-state index is 0.331. The number of carbonyl (C=O) groups excluding carboxylic acids is 1. The van der Waals surface area contributed by atoms with Gasteiger partial charge < -0.3 is 20.1 Å². The molecular formula is C15H28N2O4. The first-order valence-electron chi connectivity index (χ1n) is 7.55. The van der Waals surface area contributed by atoms with Gasteiger partial charge in [0.1, 0.15) is 6.04 Å². The number of carbonyl (C=O) groups is 2. The fourth-order valence-corrected chi connectivity index (χ4v) is 2.84. The molecule has 0 aliphatic carbocycles. The largest absolute Gasteiger partial charge is 0.480 e. The number of morpholine rings is 1. The molecular weight excluding hydrogens is 272 g/mol. The van der Waals surface area contributed by atoms with E-state index in [9.17, 15) is 14.7 Å². The van der Waals surface area contributed by atoms with Crippen LogP contribution in [0.1, 0.15) is 53.9 Å². The van der Waals surface area contributed by atoms with Crippen LogP contribution in [0, 0.1) is 0 Å². The summed E-state index contributed by atoms with van der Waals surface area (Å²) in [4.78, 5) is 25.2. The van der Waals surface area contributed by atoms with Crippen molar-refractivity contribution >= 4 is 12.0 Å². The van der Waals surface area contributed by atoms with Gasteiger partial charge in [-0.05, 0) is 34.1 Å². The molecule has 1 aliphatic heterocycles. The maximum absolute atomic E-state index is 12.3. The predicted molar refractivity (Wildman–Crippen MR) is 80.3 cm³/mol. The Labute approximate surface area is 126 Å². The van der Waals surface area contributed by atoms with E-state index in [0.717, 1.165) is 12.8 Å². The van der Waals surface area contributed by atoms with Gasteiger partial charge in [-0.15, -0.1) is 0 Å². The summed E-state index contributed by atoms with van der Waals surface area (Å²) < 4.78 is 5.92. The van der Waals surface area contributed by atoms with Crippen LogP contribution in [-0.4, -0.2) is 52.3 Å². The van der Waals surface area contributed by atoms with E-state index in [4.69, 9.17) is 4.74 Å². The number of carboxylic acid groups (broad SMARTS) is 1. The van der Waals surface area contributed by atoms with Gasteiger partial charge in [-0.2, -0.15) is 0 Å². The van der Waals surface area contributed by atoms with E-state index in [1.165, 1.54) is 0 Å². The number of urea groups is 1. The Morgan fingerprint density at radius 2 is 1.76 bits per heavy atom. The van der Waals surface area contributed by atoms with Crippen molar-refractivity contribution in [2.24, 2.45) is 0 Å². The lowest BCUT2D eigenvalue weighted by Crippen LogP contribution is -2.61. The van der Waals surface area contributed by atoms with E-state index >= 15 is 0 Å². The number of hydrogen-bond donors (Lipinski definition) is 2. The van der Waals surface area contributed by atoms with Crippen LogP contribution in [-0.2, 0) is 9.53 Å². The normalized spacial score (nSPS) is 21.7. The smallest absolute Gasteiger partial charge is 0.326 e. The third-order valence-electron chi connectivity index (χ3n) is 3.43. The number of rotatable bonds is 5. The number of amides is 2. The highest BCUT2D eigenvalue weighted by Gasteiger charge is 2.40. The summed E-state index contributed by atoms with van der Waals surface area (Å²) in [6, 6.07) is -1.16. The second-order valence-corrected chi connectivity index (χ2v) is 6.96. The SMILES string of the molecule is CCCCC(NC(=O)N1CC(C)(C)OC(C)(C)C1)C(=O)O. The number of nitrogens with zero attached hydrogens (tertiary/aromatic N) is 1. The van der Waals surface area contributed by atoms with Crippen LogP contribution < -0.4 is 5.32 Å². The molecule has 0 aromatic rings. The number of hydrogen-bond acceptors (Lipinski definition) is 3. The van der Waals surface area contributed by atoms with Crippen molar-refractivity contribution in [3.05, 3.63) is 0 Å². The van der Waals surface area contributed by atoms with Crippen LogP contribution in [0.3, 0.4) is 0 Å². The number of ether oxygens (including phenoxy) is 1. The molecule has 0 aromatic heterocycles. The van der Waals surface area contributed by atoms with Crippen LogP contribution in [0.15, 0.2) is 0 Å². The Morgan fingerprint density at radius 3 is 2.19 bits per heavy atom. The average Bonchev–Trinajstić information content (AvgIpc) is 2.29. The average molecular weight is 300 g/mol. The quantitative estimate of drug-likeness (QED) is 0.816.